The first kappa shape index (κ1) is 20.3. The highest BCUT2D eigenvalue weighted by atomic mass is 16.2. The molecule has 0 radical (unpaired) electrons. The van der Waals surface area contributed by atoms with Crippen molar-refractivity contribution in [1.29, 1.82) is 0 Å². The van der Waals surface area contributed by atoms with Gasteiger partial charge in [-0.1, -0.05) is 18.2 Å². The monoisotopic (exact) mass is 393 g/mol. The molecule has 2 aromatic carbocycles. The molecule has 4 amide bonds. The molecular weight excluding hydrogens is 370 g/mol. The zero-order chi connectivity index (χ0) is 21.2. The van der Waals surface area contributed by atoms with Gasteiger partial charge in [-0.15, -0.1) is 0 Å². The number of imide groups is 1. The molecule has 2 aromatic rings. The van der Waals surface area contributed by atoms with E-state index in [1.165, 1.54) is 23.1 Å². The number of amides is 4. The maximum atomic E-state index is 12.6. The Labute approximate surface area is 169 Å². The van der Waals surface area contributed by atoms with Gasteiger partial charge in [-0.25, -0.2) is 0 Å². The molecule has 29 heavy (non-hydrogen) atoms. The number of carbonyl (C=O) groups is 4. The van der Waals surface area contributed by atoms with E-state index in [-0.39, 0.29) is 41.9 Å². The van der Waals surface area contributed by atoms with Gasteiger partial charge in [-0.2, -0.15) is 0 Å². The van der Waals surface area contributed by atoms with Gasteiger partial charge in [-0.3, -0.25) is 24.1 Å². The molecule has 7 nitrogen and oxygen atoms in total. The summed E-state index contributed by atoms with van der Waals surface area (Å²) in [4.78, 5) is 50.7. The highest BCUT2D eigenvalue weighted by Gasteiger charge is 2.42. The number of fused-ring (bicyclic) bond motifs is 1. The molecule has 7 heteroatoms. The van der Waals surface area contributed by atoms with Crippen molar-refractivity contribution >= 4 is 23.6 Å². The molecular formula is C22H23N3O4. The van der Waals surface area contributed by atoms with Crippen LogP contribution in [0.25, 0.3) is 0 Å². The first-order valence-electron chi connectivity index (χ1n) is 9.34. The molecule has 0 saturated carbocycles. The zero-order valence-corrected chi connectivity index (χ0v) is 16.6. The Balaban J connectivity index is 1.59. The first-order chi connectivity index (χ1) is 13.7. The van der Waals surface area contributed by atoms with Gasteiger partial charge in [0.15, 0.2) is 0 Å². The third-order valence-corrected chi connectivity index (χ3v) is 4.55. The van der Waals surface area contributed by atoms with E-state index >= 15 is 0 Å². The van der Waals surface area contributed by atoms with Gasteiger partial charge in [0, 0.05) is 29.8 Å². The minimum absolute atomic E-state index is 0.219. The molecule has 2 N–H and O–H groups in total. The van der Waals surface area contributed by atoms with Crippen molar-refractivity contribution in [1.82, 2.24) is 15.5 Å². The van der Waals surface area contributed by atoms with Crippen LogP contribution in [0.2, 0.25) is 0 Å². The second kappa shape index (κ2) is 7.87. The van der Waals surface area contributed by atoms with E-state index in [9.17, 15) is 19.2 Å². The van der Waals surface area contributed by atoms with Crippen LogP contribution >= 0.6 is 0 Å². The van der Waals surface area contributed by atoms with Crippen LogP contribution in [0.4, 0.5) is 0 Å². The molecule has 1 aliphatic rings. The van der Waals surface area contributed by atoms with Gasteiger partial charge >= 0.3 is 0 Å². The van der Waals surface area contributed by atoms with Crippen molar-refractivity contribution in [3.63, 3.8) is 0 Å². The van der Waals surface area contributed by atoms with Crippen LogP contribution in [0.1, 0.15) is 62.2 Å². The summed E-state index contributed by atoms with van der Waals surface area (Å²) in [7, 11) is 0. The molecule has 0 atom stereocenters. The summed E-state index contributed by atoms with van der Waals surface area (Å²) in [5.41, 5.74) is 0.720. The van der Waals surface area contributed by atoms with Crippen molar-refractivity contribution in [2.45, 2.75) is 26.3 Å². The smallest absolute Gasteiger partial charge is 0.262 e. The van der Waals surface area contributed by atoms with Crippen molar-refractivity contribution in [3.05, 3.63) is 70.8 Å². The summed E-state index contributed by atoms with van der Waals surface area (Å²) in [6.45, 7) is 5.85. The van der Waals surface area contributed by atoms with Crippen molar-refractivity contribution in [2.24, 2.45) is 0 Å². The van der Waals surface area contributed by atoms with Crippen LogP contribution in [0.3, 0.4) is 0 Å². The van der Waals surface area contributed by atoms with Gasteiger partial charge in [0.2, 0.25) is 0 Å². The second-order valence-corrected chi connectivity index (χ2v) is 7.75. The number of nitrogens with zero attached hydrogens (tertiary/aromatic N) is 1. The second-order valence-electron chi connectivity index (χ2n) is 7.75. The standard InChI is InChI=1S/C22H23N3O4/c1-22(2,3)25-20(28)16-10-9-15(13-17(16)21(25)29)19(27)24-12-11-23-18(26)14-7-5-4-6-8-14/h4-10,13H,11-12H2,1-3H3,(H,23,26)(H,24,27). The molecule has 1 heterocycles. The Morgan fingerprint density at radius 3 is 1.93 bits per heavy atom. The van der Waals surface area contributed by atoms with E-state index in [2.05, 4.69) is 10.6 Å². The van der Waals surface area contributed by atoms with Crippen LogP contribution in [0.5, 0.6) is 0 Å². The topological polar surface area (TPSA) is 95.6 Å². The van der Waals surface area contributed by atoms with Gasteiger partial charge < -0.3 is 10.6 Å². The quantitative estimate of drug-likeness (QED) is 0.602. The third-order valence-electron chi connectivity index (χ3n) is 4.55. The van der Waals surface area contributed by atoms with Crippen LogP contribution in [0, 0.1) is 0 Å². The van der Waals surface area contributed by atoms with E-state index in [4.69, 9.17) is 0 Å². The van der Waals surface area contributed by atoms with Crippen molar-refractivity contribution in [2.75, 3.05) is 13.1 Å². The van der Waals surface area contributed by atoms with Gasteiger partial charge in [0.1, 0.15) is 0 Å². The molecule has 0 bridgehead atoms. The third kappa shape index (κ3) is 4.18. The molecule has 1 aliphatic heterocycles. The Hall–Kier alpha value is -3.48. The maximum Gasteiger partial charge on any atom is 0.262 e. The summed E-state index contributed by atoms with van der Waals surface area (Å²) in [5.74, 6) is -1.35. The average molecular weight is 393 g/mol. The lowest BCUT2D eigenvalue weighted by molar-refractivity contribution is 0.0507. The van der Waals surface area contributed by atoms with Crippen molar-refractivity contribution in [3.8, 4) is 0 Å². The molecule has 0 aliphatic carbocycles. The molecule has 0 spiro atoms. The molecule has 0 unspecified atom stereocenters. The average Bonchev–Trinajstić information content (AvgIpc) is 2.95. The summed E-state index contributed by atoms with van der Waals surface area (Å²) < 4.78 is 0. The largest absolute Gasteiger partial charge is 0.350 e. The van der Waals surface area contributed by atoms with Gasteiger partial charge in [0.05, 0.1) is 11.1 Å². The summed E-state index contributed by atoms with van der Waals surface area (Å²) in [6.07, 6.45) is 0. The number of benzene rings is 2. The van der Waals surface area contributed by atoms with Crippen LogP contribution in [-0.2, 0) is 0 Å². The number of carbonyl (C=O) groups excluding carboxylic acids is 4. The Kier molecular flexibility index (Phi) is 5.50. The highest BCUT2D eigenvalue weighted by Crippen LogP contribution is 2.29. The molecule has 0 aromatic heterocycles. The van der Waals surface area contributed by atoms with E-state index in [0.717, 1.165) is 0 Å². The molecule has 0 fully saturated rings. The minimum atomic E-state index is -0.646. The van der Waals surface area contributed by atoms with Crippen molar-refractivity contribution < 1.29 is 19.2 Å². The summed E-state index contributed by atoms with van der Waals surface area (Å²) in [6, 6.07) is 13.3. The maximum absolute atomic E-state index is 12.6. The van der Waals surface area contributed by atoms with Gasteiger partial charge in [-0.05, 0) is 51.1 Å². The SMILES string of the molecule is CC(C)(C)N1C(=O)c2ccc(C(=O)NCCNC(=O)c3ccccc3)cc2C1=O. The predicted octanol–water partition coefficient (Wildman–Crippen LogP) is 2.24. The van der Waals surface area contributed by atoms with E-state index < -0.39 is 11.4 Å². The first-order valence-corrected chi connectivity index (χ1v) is 9.34. The fourth-order valence-corrected chi connectivity index (χ4v) is 3.14. The number of hydrogen-bond acceptors (Lipinski definition) is 4. The van der Waals surface area contributed by atoms with E-state index in [1.54, 1.807) is 45.0 Å². The lowest BCUT2D eigenvalue weighted by Crippen LogP contribution is -2.45. The molecule has 3 rings (SSSR count). The minimum Gasteiger partial charge on any atom is -0.350 e. The lowest BCUT2D eigenvalue weighted by atomic mass is 10.1. The molecule has 0 saturated heterocycles. The summed E-state index contributed by atoms with van der Waals surface area (Å²) >= 11 is 0. The fraction of sp³-hybridized carbons (Fsp3) is 0.273. The van der Waals surface area contributed by atoms with Crippen LogP contribution < -0.4 is 10.6 Å². The number of hydrogen-bond donors (Lipinski definition) is 2. The van der Waals surface area contributed by atoms with Crippen LogP contribution in [0.15, 0.2) is 48.5 Å². The number of nitrogens with one attached hydrogen (secondary N) is 2. The Morgan fingerprint density at radius 1 is 0.793 bits per heavy atom. The highest BCUT2D eigenvalue weighted by molar-refractivity contribution is 6.22. The summed E-state index contributed by atoms with van der Waals surface area (Å²) in [5, 5.41) is 5.42. The molecule has 150 valence electrons. The Bertz CT molecular complexity index is 977. The van der Waals surface area contributed by atoms with E-state index in [1.807, 2.05) is 6.07 Å². The number of rotatable bonds is 5. The zero-order valence-electron chi connectivity index (χ0n) is 16.6. The predicted molar refractivity (Wildman–Crippen MR) is 108 cm³/mol. The fourth-order valence-electron chi connectivity index (χ4n) is 3.14. The lowest BCUT2D eigenvalue weighted by Gasteiger charge is -2.29. The normalized spacial score (nSPS) is 13.3. The van der Waals surface area contributed by atoms with E-state index in [0.29, 0.717) is 11.1 Å². The Morgan fingerprint density at radius 2 is 1.34 bits per heavy atom. The van der Waals surface area contributed by atoms with Crippen LogP contribution in [-0.4, -0.2) is 47.2 Å². The van der Waals surface area contributed by atoms with Gasteiger partial charge in [0.25, 0.3) is 23.6 Å².